The number of halogens is 3. The monoisotopic (exact) mass is 453 g/mol. The number of aliphatic hydroxyl groups is 1. The van der Waals surface area contributed by atoms with Crippen LogP contribution >= 0.6 is 0 Å². The predicted molar refractivity (Wildman–Crippen MR) is 116 cm³/mol. The summed E-state index contributed by atoms with van der Waals surface area (Å²) in [5.74, 6) is 0. The summed E-state index contributed by atoms with van der Waals surface area (Å²) in [6.07, 6.45) is -3.38. The highest BCUT2D eigenvalue weighted by Crippen LogP contribution is 2.36. The number of hydrogen-bond acceptors (Lipinski definition) is 5. The van der Waals surface area contributed by atoms with Crippen molar-refractivity contribution in [2.45, 2.75) is 24.9 Å². The Bertz CT molecular complexity index is 1160. The number of benzene rings is 2. The minimum Gasteiger partial charge on any atom is -0.367 e. The Kier molecular flexibility index (Phi) is 6.75. The van der Waals surface area contributed by atoms with Gasteiger partial charge in [-0.05, 0) is 47.9 Å². The number of rotatable bonds is 5. The topological polar surface area (TPSA) is 69.4 Å². The normalized spacial score (nSPS) is 18.0. The second-order valence-corrected chi connectivity index (χ2v) is 7.87. The number of aliphatic hydroxyl groups excluding tert-OH is 1. The van der Waals surface area contributed by atoms with Crippen LogP contribution in [0, 0.1) is 11.3 Å². The summed E-state index contributed by atoms with van der Waals surface area (Å²) in [6, 6.07) is 17.8. The molecule has 33 heavy (non-hydrogen) atoms. The first kappa shape index (κ1) is 22.9. The predicted octanol–water partition coefficient (Wildman–Crippen LogP) is 4.57. The maximum absolute atomic E-state index is 13.3. The van der Waals surface area contributed by atoms with E-state index in [1.54, 1.807) is 36.5 Å². The molecular formula is C25H22F3N3O2. The van der Waals surface area contributed by atoms with Crippen molar-refractivity contribution in [1.29, 1.82) is 5.26 Å². The first-order chi connectivity index (χ1) is 15.8. The van der Waals surface area contributed by atoms with Gasteiger partial charge in [0.25, 0.3) is 0 Å². The number of pyridine rings is 1. The van der Waals surface area contributed by atoms with Gasteiger partial charge in [0.2, 0.25) is 0 Å². The van der Waals surface area contributed by atoms with E-state index in [-0.39, 0.29) is 12.6 Å². The molecule has 1 aliphatic rings. The molecule has 8 heteroatoms. The number of morpholine rings is 1. The fourth-order valence-electron chi connectivity index (χ4n) is 4.13. The molecule has 0 amide bonds. The Labute approximate surface area is 189 Å². The minimum atomic E-state index is -4.46. The van der Waals surface area contributed by atoms with Gasteiger partial charge in [-0.25, -0.2) is 0 Å². The summed E-state index contributed by atoms with van der Waals surface area (Å²) in [5.41, 5.74) is 2.25. The maximum atomic E-state index is 13.3. The van der Waals surface area contributed by atoms with E-state index in [1.807, 2.05) is 17.0 Å². The van der Waals surface area contributed by atoms with Crippen molar-refractivity contribution in [2.75, 3.05) is 19.7 Å². The molecule has 4 rings (SSSR count). The fourth-order valence-corrected chi connectivity index (χ4v) is 4.13. The molecule has 1 N–H and O–H groups in total. The molecule has 0 bridgehead atoms. The second kappa shape index (κ2) is 9.71. The lowest BCUT2D eigenvalue weighted by molar-refractivity contribution is -0.153. The summed E-state index contributed by atoms with van der Waals surface area (Å²) in [4.78, 5) is 6.49. The van der Waals surface area contributed by atoms with Gasteiger partial charge in [0.15, 0.2) is 6.29 Å². The smallest absolute Gasteiger partial charge is 0.367 e. The highest BCUT2D eigenvalue weighted by molar-refractivity contribution is 5.65. The van der Waals surface area contributed by atoms with E-state index < -0.39 is 18.0 Å². The molecule has 5 nitrogen and oxygen atoms in total. The van der Waals surface area contributed by atoms with Crippen LogP contribution in [0.4, 0.5) is 13.2 Å². The molecule has 170 valence electrons. The third-order valence-corrected chi connectivity index (χ3v) is 5.67. The highest BCUT2D eigenvalue weighted by atomic mass is 19.4. The van der Waals surface area contributed by atoms with Gasteiger partial charge in [-0.15, -0.1) is 0 Å². The van der Waals surface area contributed by atoms with E-state index >= 15 is 0 Å². The van der Waals surface area contributed by atoms with E-state index in [1.165, 1.54) is 6.07 Å². The molecule has 0 aliphatic carbocycles. The third-order valence-electron chi connectivity index (χ3n) is 5.67. The average Bonchev–Trinajstić information content (AvgIpc) is 2.82. The molecule has 2 aromatic carbocycles. The van der Waals surface area contributed by atoms with Crippen molar-refractivity contribution >= 4 is 0 Å². The molecule has 0 spiro atoms. The number of nitriles is 1. The Balaban J connectivity index is 1.79. The van der Waals surface area contributed by atoms with E-state index in [4.69, 9.17) is 4.74 Å². The summed E-state index contributed by atoms with van der Waals surface area (Å²) in [7, 11) is 0. The van der Waals surface area contributed by atoms with Crippen molar-refractivity contribution in [3.05, 3.63) is 89.1 Å². The summed E-state index contributed by atoms with van der Waals surface area (Å²) >= 11 is 0. The van der Waals surface area contributed by atoms with E-state index in [2.05, 4.69) is 11.1 Å². The van der Waals surface area contributed by atoms with Gasteiger partial charge in [0.05, 0.1) is 29.5 Å². The van der Waals surface area contributed by atoms with Crippen LogP contribution in [-0.4, -0.2) is 41.0 Å². The lowest BCUT2D eigenvalue weighted by atomic mass is 9.92. The van der Waals surface area contributed by atoms with Gasteiger partial charge in [0, 0.05) is 30.9 Å². The zero-order valence-electron chi connectivity index (χ0n) is 17.7. The number of nitrogens with zero attached hydrogens (tertiary/aromatic N) is 3. The van der Waals surface area contributed by atoms with Crippen LogP contribution in [0.3, 0.4) is 0 Å². The summed E-state index contributed by atoms with van der Waals surface area (Å²) in [5, 5.41) is 19.4. The molecule has 2 atom stereocenters. The Morgan fingerprint density at radius 2 is 1.97 bits per heavy atom. The number of hydrogen-bond donors (Lipinski definition) is 1. The van der Waals surface area contributed by atoms with Gasteiger partial charge >= 0.3 is 6.18 Å². The molecule has 0 radical (unpaired) electrons. The van der Waals surface area contributed by atoms with Gasteiger partial charge in [-0.1, -0.05) is 30.3 Å². The lowest BCUT2D eigenvalue weighted by Gasteiger charge is -2.37. The molecule has 1 fully saturated rings. The van der Waals surface area contributed by atoms with E-state index in [0.717, 1.165) is 23.3 Å². The quantitative estimate of drug-likeness (QED) is 0.613. The summed E-state index contributed by atoms with van der Waals surface area (Å²) < 4.78 is 45.3. The van der Waals surface area contributed by atoms with Crippen LogP contribution in [0.1, 0.15) is 28.3 Å². The first-order valence-electron chi connectivity index (χ1n) is 10.5. The van der Waals surface area contributed by atoms with Gasteiger partial charge in [0.1, 0.15) is 0 Å². The number of aromatic nitrogens is 1. The number of ether oxygens (including phenoxy) is 1. The van der Waals surface area contributed by atoms with Crippen molar-refractivity contribution in [3.8, 4) is 17.3 Å². The fraction of sp³-hybridized carbons (Fsp3) is 0.280. The average molecular weight is 453 g/mol. The summed E-state index contributed by atoms with van der Waals surface area (Å²) in [6.45, 7) is 1.12. The van der Waals surface area contributed by atoms with Crippen LogP contribution in [0.5, 0.6) is 0 Å². The Morgan fingerprint density at radius 3 is 2.73 bits per heavy atom. The Morgan fingerprint density at radius 1 is 1.15 bits per heavy atom. The Hall–Kier alpha value is -3.25. The zero-order valence-corrected chi connectivity index (χ0v) is 17.7. The molecule has 1 aromatic heterocycles. The van der Waals surface area contributed by atoms with Crippen LogP contribution in [-0.2, 0) is 17.3 Å². The highest BCUT2D eigenvalue weighted by Gasteiger charge is 2.32. The molecule has 1 saturated heterocycles. The van der Waals surface area contributed by atoms with Crippen LogP contribution in [0.15, 0.2) is 66.9 Å². The zero-order chi connectivity index (χ0) is 23.4. The maximum Gasteiger partial charge on any atom is 0.416 e. The van der Waals surface area contributed by atoms with Crippen molar-refractivity contribution < 1.29 is 23.0 Å². The third kappa shape index (κ3) is 5.40. The molecule has 0 saturated carbocycles. The largest absolute Gasteiger partial charge is 0.416 e. The standard InChI is InChI=1S/C25H22F3N3O2/c26-25(27,28)20-7-2-6-19(14-20)24-21(8-3-9-30-24)22(31-10-11-33-23(32)16-31)13-17-4-1-5-18(12-17)15-29/h1-9,12,14,22-23,32H,10-11,13,16H2. The van der Waals surface area contributed by atoms with Gasteiger partial charge in [-0.2, -0.15) is 18.4 Å². The van der Waals surface area contributed by atoms with Crippen LogP contribution < -0.4 is 0 Å². The van der Waals surface area contributed by atoms with Crippen molar-refractivity contribution in [2.24, 2.45) is 0 Å². The molecule has 2 heterocycles. The minimum absolute atomic E-state index is 0.250. The van der Waals surface area contributed by atoms with Crippen LogP contribution in [0.2, 0.25) is 0 Å². The number of β-amino-alcohol motifs (C(OH)–C–C–N with tert-alkyl or cyclic N) is 1. The van der Waals surface area contributed by atoms with Crippen molar-refractivity contribution in [1.82, 2.24) is 9.88 Å². The lowest BCUT2D eigenvalue weighted by Crippen LogP contribution is -2.45. The van der Waals surface area contributed by atoms with Gasteiger partial charge < -0.3 is 9.84 Å². The first-order valence-corrected chi connectivity index (χ1v) is 10.5. The second-order valence-electron chi connectivity index (χ2n) is 7.87. The van der Waals surface area contributed by atoms with Crippen molar-refractivity contribution in [3.63, 3.8) is 0 Å². The molecular weight excluding hydrogens is 431 g/mol. The van der Waals surface area contributed by atoms with Crippen LogP contribution in [0.25, 0.3) is 11.3 Å². The molecule has 2 unspecified atom stereocenters. The van der Waals surface area contributed by atoms with Gasteiger partial charge in [-0.3, -0.25) is 9.88 Å². The number of alkyl halides is 3. The van der Waals surface area contributed by atoms with E-state index in [0.29, 0.717) is 36.4 Å². The SMILES string of the molecule is N#Cc1cccc(CC(c2cccnc2-c2cccc(C(F)(F)F)c2)N2CCOC(O)C2)c1. The van der Waals surface area contributed by atoms with E-state index in [9.17, 15) is 23.5 Å². The molecule has 1 aliphatic heterocycles. The molecule has 3 aromatic rings.